The molecule has 0 heterocycles. The Morgan fingerprint density at radius 2 is 0.913 bits per heavy atom. The Balaban J connectivity index is 3.65. The molecule has 0 amide bonds. The Bertz CT molecular complexity index is 224. The maximum absolute atomic E-state index is 10.4. The lowest BCUT2D eigenvalue weighted by molar-refractivity contribution is 0.0534. The van der Waals surface area contributed by atoms with Gasteiger partial charge < -0.3 is 5.11 Å². The molecule has 1 N–H and O–H groups in total. The Kier molecular flexibility index (Phi) is 16.8. The molecule has 0 saturated carbocycles. The summed E-state index contributed by atoms with van der Waals surface area (Å²) in [5.74, 6) is 0.945. The van der Waals surface area contributed by atoms with Crippen molar-refractivity contribution in [3.63, 3.8) is 0 Å². The molecule has 1 nitrogen and oxygen atoms in total. The van der Waals surface area contributed by atoms with Gasteiger partial charge in [-0.25, -0.2) is 0 Å². The predicted octanol–water partition coefficient (Wildman–Crippen LogP) is 7.51. The van der Waals surface area contributed by atoms with Crippen molar-refractivity contribution in [2.75, 3.05) is 0 Å². The summed E-state index contributed by atoms with van der Waals surface area (Å²) in [5, 5.41) is 10.4. The normalized spacial score (nSPS) is 14.3. The monoisotopic (exact) mass is 326 g/mol. The molecule has 0 radical (unpaired) electrons. The van der Waals surface area contributed by atoms with Crippen molar-refractivity contribution in [1.29, 1.82) is 0 Å². The first-order valence-electron chi connectivity index (χ1n) is 10.8. The number of aliphatic hydroxyl groups is 1. The number of hydrogen-bond acceptors (Lipinski definition) is 1. The van der Waals surface area contributed by atoms with Crippen LogP contribution in [0.25, 0.3) is 0 Å². The molecular weight excluding hydrogens is 280 g/mol. The Labute approximate surface area is 147 Å². The molecule has 0 aromatic carbocycles. The maximum Gasteiger partial charge on any atom is 0.0591 e. The number of hydrogen-bond donors (Lipinski definition) is 1. The highest BCUT2D eigenvalue weighted by molar-refractivity contribution is 4.72. The fourth-order valence-corrected chi connectivity index (χ4v) is 3.58. The summed E-state index contributed by atoms with van der Waals surface area (Å²) in [5.41, 5.74) is 0. The van der Waals surface area contributed by atoms with Crippen LogP contribution in [0.15, 0.2) is 0 Å². The van der Waals surface area contributed by atoms with E-state index in [-0.39, 0.29) is 6.10 Å². The van der Waals surface area contributed by atoms with Gasteiger partial charge in [0.1, 0.15) is 0 Å². The molecule has 0 aromatic heterocycles. The molecule has 23 heavy (non-hydrogen) atoms. The van der Waals surface area contributed by atoms with Crippen LogP contribution >= 0.6 is 0 Å². The summed E-state index contributed by atoms with van der Waals surface area (Å²) in [6, 6.07) is 0. The average Bonchev–Trinajstić information content (AvgIpc) is 2.54. The highest BCUT2D eigenvalue weighted by Crippen LogP contribution is 2.25. The van der Waals surface area contributed by atoms with Crippen molar-refractivity contribution in [1.82, 2.24) is 0 Å². The minimum Gasteiger partial charge on any atom is -0.393 e. The summed E-state index contributed by atoms with van der Waals surface area (Å²) < 4.78 is 0. The van der Waals surface area contributed by atoms with E-state index in [0.717, 1.165) is 0 Å². The Morgan fingerprint density at radius 1 is 0.565 bits per heavy atom. The van der Waals surface area contributed by atoms with Gasteiger partial charge in [-0.1, -0.05) is 111 Å². The second-order valence-electron chi connectivity index (χ2n) is 7.96. The second-order valence-corrected chi connectivity index (χ2v) is 7.96. The first-order valence-corrected chi connectivity index (χ1v) is 10.8. The van der Waals surface area contributed by atoms with E-state index < -0.39 is 0 Å². The van der Waals surface area contributed by atoms with Gasteiger partial charge in [-0.2, -0.15) is 0 Å². The zero-order valence-corrected chi connectivity index (χ0v) is 16.8. The molecule has 0 aliphatic carbocycles. The van der Waals surface area contributed by atoms with Gasteiger partial charge in [-0.15, -0.1) is 0 Å². The van der Waals surface area contributed by atoms with Gasteiger partial charge in [-0.05, 0) is 24.7 Å². The van der Waals surface area contributed by atoms with Crippen LogP contribution in [0.2, 0.25) is 0 Å². The molecule has 140 valence electrons. The third-order valence-corrected chi connectivity index (χ3v) is 5.27. The molecule has 0 aliphatic heterocycles. The van der Waals surface area contributed by atoms with E-state index in [1.54, 1.807) is 0 Å². The largest absolute Gasteiger partial charge is 0.393 e. The van der Waals surface area contributed by atoms with E-state index in [4.69, 9.17) is 0 Å². The fraction of sp³-hybridized carbons (Fsp3) is 1.00. The Morgan fingerprint density at radius 3 is 1.35 bits per heavy atom. The van der Waals surface area contributed by atoms with Gasteiger partial charge in [-0.3, -0.25) is 0 Å². The molecule has 0 aromatic rings. The third-order valence-electron chi connectivity index (χ3n) is 5.27. The first-order chi connectivity index (χ1) is 11.1. The van der Waals surface area contributed by atoms with E-state index in [9.17, 15) is 5.11 Å². The third kappa shape index (κ3) is 14.0. The summed E-state index contributed by atoms with van der Waals surface area (Å²) in [6.07, 6.45) is 20.3. The van der Waals surface area contributed by atoms with Crippen LogP contribution in [-0.2, 0) is 0 Å². The van der Waals surface area contributed by atoms with Gasteiger partial charge in [0.2, 0.25) is 0 Å². The smallest absolute Gasteiger partial charge is 0.0591 e. The quantitative estimate of drug-likeness (QED) is 0.274. The van der Waals surface area contributed by atoms with Gasteiger partial charge >= 0.3 is 0 Å². The first kappa shape index (κ1) is 23.0. The molecule has 2 atom stereocenters. The minimum absolute atomic E-state index is 0.0922. The topological polar surface area (TPSA) is 20.2 Å². The molecular formula is C22H46O. The van der Waals surface area contributed by atoms with Crippen molar-refractivity contribution < 1.29 is 5.11 Å². The molecule has 0 rings (SSSR count). The number of unbranched alkanes of at least 4 members (excludes halogenated alkanes) is 11. The average molecular weight is 327 g/mol. The van der Waals surface area contributed by atoms with Crippen LogP contribution in [0.3, 0.4) is 0 Å². The summed E-state index contributed by atoms with van der Waals surface area (Å²) in [6.45, 7) is 8.87. The standard InChI is InChI=1S/C22H46O/c1-5-7-9-10-11-12-13-14-15-17-19-21(18-16-8-6-2)22(23)20(3)4/h20-23H,5-19H2,1-4H3. The van der Waals surface area contributed by atoms with Crippen molar-refractivity contribution in [3.8, 4) is 0 Å². The van der Waals surface area contributed by atoms with E-state index in [2.05, 4.69) is 27.7 Å². The van der Waals surface area contributed by atoms with Crippen molar-refractivity contribution in [3.05, 3.63) is 0 Å². The number of rotatable bonds is 17. The lowest BCUT2D eigenvalue weighted by atomic mass is 9.85. The van der Waals surface area contributed by atoms with Crippen molar-refractivity contribution in [2.24, 2.45) is 11.8 Å². The molecule has 1 heteroatoms. The van der Waals surface area contributed by atoms with Crippen LogP contribution < -0.4 is 0 Å². The van der Waals surface area contributed by atoms with Gasteiger partial charge in [0.05, 0.1) is 6.10 Å². The molecule has 0 saturated heterocycles. The van der Waals surface area contributed by atoms with Crippen LogP contribution in [0.4, 0.5) is 0 Å². The van der Waals surface area contributed by atoms with Crippen LogP contribution in [0, 0.1) is 11.8 Å². The summed E-state index contributed by atoms with van der Waals surface area (Å²) in [4.78, 5) is 0. The minimum atomic E-state index is -0.0922. The van der Waals surface area contributed by atoms with Crippen molar-refractivity contribution >= 4 is 0 Å². The second kappa shape index (κ2) is 16.8. The zero-order valence-electron chi connectivity index (χ0n) is 16.8. The van der Waals surface area contributed by atoms with E-state index in [0.29, 0.717) is 11.8 Å². The summed E-state index contributed by atoms with van der Waals surface area (Å²) in [7, 11) is 0. The lowest BCUT2D eigenvalue weighted by Crippen LogP contribution is -2.26. The van der Waals surface area contributed by atoms with Gasteiger partial charge in [0, 0.05) is 0 Å². The van der Waals surface area contributed by atoms with Gasteiger partial charge in [0.25, 0.3) is 0 Å². The van der Waals surface area contributed by atoms with Crippen LogP contribution in [0.5, 0.6) is 0 Å². The van der Waals surface area contributed by atoms with E-state index in [1.807, 2.05) is 0 Å². The molecule has 0 fully saturated rings. The van der Waals surface area contributed by atoms with Gasteiger partial charge in [0.15, 0.2) is 0 Å². The van der Waals surface area contributed by atoms with Crippen molar-refractivity contribution in [2.45, 2.75) is 130 Å². The predicted molar refractivity (Wildman–Crippen MR) is 105 cm³/mol. The van der Waals surface area contributed by atoms with Crippen LogP contribution in [-0.4, -0.2) is 11.2 Å². The molecule has 0 spiro atoms. The highest BCUT2D eigenvalue weighted by atomic mass is 16.3. The Hall–Kier alpha value is -0.0400. The van der Waals surface area contributed by atoms with E-state index in [1.165, 1.54) is 96.3 Å². The summed E-state index contributed by atoms with van der Waals surface area (Å²) >= 11 is 0. The molecule has 2 unspecified atom stereocenters. The maximum atomic E-state index is 10.4. The molecule has 0 aliphatic rings. The highest BCUT2D eigenvalue weighted by Gasteiger charge is 2.21. The van der Waals surface area contributed by atoms with Crippen LogP contribution in [0.1, 0.15) is 124 Å². The number of aliphatic hydroxyl groups excluding tert-OH is 1. The SMILES string of the molecule is CCCCCCCCCCCCC(CCCCC)C(O)C(C)C. The molecule has 0 bridgehead atoms. The lowest BCUT2D eigenvalue weighted by Gasteiger charge is -2.26. The zero-order chi connectivity index (χ0) is 17.3. The van der Waals surface area contributed by atoms with E-state index >= 15 is 0 Å². The fourth-order valence-electron chi connectivity index (χ4n) is 3.58.